The number of benzene rings is 3. The van der Waals surface area contributed by atoms with Crippen LogP contribution >= 0.6 is 0 Å². The van der Waals surface area contributed by atoms with Crippen LogP contribution in [-0.2, 0) is 0 Å². The molecule has 0 radical (unpaired) electrons. The second kappa shape index (κ2) is 11.3. The molecule has 0 aromatic heterocycles. The zero-order valence-electron chi connectivity index (χ0n) is 20.9. The second-order valence-corrected chi connectivity index (χ2v) is 10.2. The molecule has 5 heteroatoms. The molecule has 2 heterocycles. The summed E-state index contributed by atoms with van der Waals surface area (Å²) in [7, 11) is 0. The molecule has 1 saturated carbocycles. The molecule has 3 aromatic carbocycles. The topological polar surface area (TPSA) is 59.0 Å². The first-order valence-corrected chi connectivity index (χ1v) is 13.0. The Morgan fingerprint density at radius 3 is 2.00 bits per heavy atom. The number of ketones is 1. The minimum absolute atomic E-state index is 0.167. The molecule has 0 atom stereocenters. The Morgan fingerprint density at radius 2 is 1.42 bits per heavy atom. The van der Waals surface area contributed by atoms with Crippen molar-refractivity contribution in [1.29, 1.82) is 0 Å². The van der Waals surface area contributed by atoms with E-state index in [1.54, 1.807) is 0 Å². The maximum absolute atomic E-state index is 12.4. The molecule has 1 aliphatic carbocycles. The summed E-state index contributed by atoms with van der Waals surface area (Å²) < 4.78 is 10.6. The molecule has 1 N–H and O–H groups in total. The Hall–Kier alpha value is -3.15. The number of carbonyl (C=O) groups excluding carboxylic acids is 1. The first-order valence-electron chi connectivity index (χ1n) is 13.0. The van der Waals surface area contributed by atoms with Gasteiger partial charge in [0.15, 0.2) is 17.3 Å². The number of aliphatic hydroxyl groups is 1. The third-order valence-corrected chi connectivity index (χ3v) is 7.53. The van der Waals surface area contributed by atoms with Gasteiger partial charge in [0.1, 0.15) is 0 Å². The van der Waals surface area contributed by atoms with Gasteiger partial charge in [-0.05, 0) is 48.1 Å². The Bertz CT molecular complexity index is 1100. The molecule has 0 bridgehead atoms. The van der Waals surface area contributed by atoms with Gasteiger partial charge in [0.25, 0.3) is 0 Å². The lowest BCUT2D eigenvalue weighted by Crippen LogP contribution is -2.52. The number of β-amino-alcohol motifs (C(OH)–C–C–N with tert-alkyl or cyclic N) is 1. The van der Waals surface area contributed by atoms with Crippen LogP contribution in [0.5, 0.6) is 11.5 Å². The highest BCUT2D eigenvalue weighted by atomic mass is 16.7. The van der Waals surface area contributed by atoms with Crippen LogP contribution in [0.3, 0.4) is 0 Å². The van der Waals surface area contributed by atoms with Crippen molar-refractivity contribution in [3.05, 3.63) is 95.6 Å². The number of likely N-dealkylation sites (tertiary alicyclic amines) is 1. The zero-order valence-corrected chi connectivity index (χ0v) is 20.9. The minimum atomic E-state index is -0.167. The van der Waals surface area contributed by atoms with Crippen LogP contribution in [0.4, 0.5) is 0 Å². The third-order valence-electron chi connectivity index (χ3n) is 7.53. The summed E-state index contributed by atoms with van der Waals surface area (Å²) in [6.45, 7) is 4.04. The van der Waals surface area contributed by atoms with Crippen LogP contribution in [0, 0.1) is 11.8 Å². The van der Waals surface area contributed by atoms with Crippen LogP contribution < -0.4 is 9.47 Å². The maximum Gasteiger partial charge on any atom is 0.231 e. The first kappa shape index (κ1) is 24.5. The lowest BCUT2D eigenvalue weighted by molar-refractivity contribution is -0.0160. The van der Waals surface area contributed by atoms with E-state index in [2.05, 4.69) is 60.4 Å². The quantitative estimate of drug-likeness (QED) is 0.458. The summed E-state index contributed by atoms with van der Waals surface area (Å²) in [5.74, 6) is 2.67. The molecule has 1 saturated heterocycles. The van der Waals surface area contributed by atoms with E-state index in [-0.39, 0.29) is 30.6 Å². The molecule has 2 fully saturated rings. The fourth-order valence-corrected chi connectivity index (χ4v) is 5.39. The molecular weight excluding hydrogens is 450 g/mol. The van der Waals surface area contributed by atoms with Crippen LogP contribution in [-0.4, -0.2) is 41.8 Å². The Kier molecular flexibility index (Phi) is 7.69. The summed E-state index contributed by atoms with van der Waals surface area (Å²) in [4.78, 5) is 14.7. The van der Waals surface area contributed by atoms with Gasteiger partial charge in [-0.25, -0.2) is 0 Å². The summed E-state index contributed by atoms with van der Waals surface area (Å²) in [5.41, 5.74) is 3.34. The standard InChI is InChI=1S/C16H17NO.C15H18O3/c18-15-11-17(12-15)16(13-7-3-1-4-8-13)14-9-5-2-6-10-14;1-10-2-4-11(5-3-10)15(16)12-6-7-13-14(8-12)18-9-17-13/h1-10,15-16,18H,11-12H2;6-8,10-11H,2-5,9H2,1H3. The highest BCUT2D eigenvalue weighted by Gasteiger charge is 2.32. The summed E-state index contributed by atoms with van der Waals surface area (Å²) in [6, 6.07) is 26.8. The van der Waals surface area contributed by atoms with Crippen molar-refractivity contribution in [2.45, 2.75) is 44.8 Å². The van der Waals surface area contributed by atoms with E-state index < -0.39 is 0 Å². The number of rotatable bonds is 5. The van der Waals surface area contributed by atoms with Crippen molar-refractivity contribution in [2.24, 2.45) is 11.8 Å². The summed E-state index contributed by atoms with van der Waals surface area (Å²) in [6.07, 6.45) is 4.21. The van der Waals surface area contributed by atoms with Crippen molar-refractivity contribution in [3.8, 4) is 11.5 Å². The molecule has 36 heavy (non-hydrogen) atoms. The highest BCUT2D eigenvalue weighted by molar-refractivity contribution is 5.98. The van der Waals surface area contributed by atoms with Gasteiger partial charge in [-0.15, -0.1) is 0 Å². The van der Waals surface area contributed by atoms with E-state index in [9.17, 15) is 9.90 Å². The van der Waals surface area contributed by atoms with Gasteiger partial charge >= 0.3 is 0 Å². The molecule has 5 nitrogen and oxygen atoms in total. The van der Waals surface area contributed by atoms with E-state index in [1.807, 2.05) is 30.3 Å². The predicted octanol–water partition coefficient (Wildman–Crippen LogP) is 5.88. The van der Waals surface area contributed by atoms with Gasteiger partial charge < -0.3 is 14.6 Å². The SMILES string of the molecule is CC1CCC(C(=O)c2ccc3c(c2)OCO3)CC1.OC1CN(C(c2ccccc2)c2ccccc2)C1. The largest absolute Gasteiger partial charge is 0.454 e. The molecular formula is C31H35NO4. The molecule has 2 aliphatic heterocycles. The van der Waals surface area contributed by atoms with Crippen LogP contribution in [0.1, 0.15) is 60.1 Å². The number of Topliss-reactive ketones (excluding diaryl/α,β-unsaturated/α-hetero) is 1. The number of aliphatic hydroxyl groups excluding tert-OH is 1. The molecule has 0 unspecified atom stereocenters. The van der Waals surface area contributed by atoms with Crippen molar-refractivity contribution in [2.75, 3.05) is 19.9 Å². The molecule has 3 aliphatic rings. The van der Waals surface area contributed by atoms with Gasteiger partial charge in [0, 0.05) is 24.6 Å². The highest BCUT2D eigenvalue weighted by Crippen LogP contribution is 2.36. The number of hydrogen-bond donors (Lipinski definition) is 1. The summed E-state index contributed by atoms with van der Waals surface area (Å²) in [5, 5.41) is 9.52. The summed E-state index contributed by atoms with van der Waals surface area (Å²) >= 11 is 0. The lowest BCUT2D eigenvalue weighted by atomic mass is 9.79. The van der Waals surface area contributed by atoms with Gasteiger partial charge in [-0.2, -0.15) is 0 Å². The fraction of sp³-hybridized carbons (Fsp3) is 0.387. The second-order valence-electron chi connectivity index (χ2n) is 10.2. The van der Waals surface area contributed by atoms with E-state index in [0.717, 1.165) is 43.2 Å². The number of fused-ring (bicyclic) bond motifs is 1. The van der Waals surface area contributed by atoms with Crippen molar-refractivity contribution < 1.29 is 19.4 Å². The third kappa shape index (κ3) is 5.63. The van der Waals surface area contributed by atoms with E-state index in [4.69, 9.17) is 9.47 Å². The van der Waals surface area contributed by atoms with Gasteiger partial charge in [0.2, 0.25) is 6.79 Å². The number of hydrogen-bond acceptors (Lipinski definition) is 5. The van der Waals surface area contributed by atoms with Crippen molar-refractivity contribution in [1.82, 2.24) is 4.90 Å². The number of carbonyl (C=O) groups is 1. The lowest BCUT2D eigenvalue weighted by Gasteiger charge is -2.42. The number of ether oxygens (including phenoxy) is 2. The van der Waals surface area contributed by atoms with Crippen LogP contribution in [0.2, 0.25) is 0 Å². The molecule has 0 amide bonds. The van der Waals surface area contributed by atoms with Crippen molar-refractivity contribution in [3.63, 3.8) is 0 Å². The maximum atomic E-state index is 12.4. The normalized spacial score (nSPS) is 21.4. The van der Waals surface area contributed by atoms with E-state index in [0.29, 0.717) is 5.75 Å². The van der Waals surface area contributed by atoms with Gasteiger partial charge in [-0.3, -0.25) is 9.69 Å². The zero-order chi connectivity index (χ0) is 24.9. The van der Waals surface area contributed by atoms with Crippen molar-refractivity contribution >= 4 is 5.78 Å². The average Bonchev–Trinajstić information content (AvgIpc) is 3.38. The van der Waals surface area contributed by atoms with Crippen LogP contribution in [0.25, 0.3) is 0 Å². The predicted molar refractivity (Wildman–Crippen MR) is 140 cm³/mol. The molecule has 0 spiro atoms. The van der Waals surface area contributed by atoms with Gasteiger partial charge in [0.05, 0.1) is 12.1 Å². The average molecular weight is 486 g/mol. The Morgan fingerprint density at radius 1 is 0.833 bits per heavy atom. The van der Waals surface area contributed by atoms with E-state index in [1.165, 1.54) is 24.0 Å². The number of nitrogens with zero attached hydrogens (tertiary/aromatic N) is 1. The van der Waals surface area contributed by atoms with Crippen LogP contribution in [0.15, 0.2) is 78.9 Å². The molecule has 3 aromatic rings. The van der Waals surface area contributed by atoms with Gasteiger partial charge in [-0.1, -0.05) is 80.4 Å². The minimum Gasteiger partial charge on any atom is -0.454 e. The molecule has 188 valence electrons. The fourth-order valence-electron chi connectivity index (χ4n) is 5.39. The van der Waals surface area contributed by atoms with E-state index >= 15 is 0 Å². The Balaban J connectivity index is 0.000000148. The Labute approximate surface area is 213 Å². The smallest absolute Gasteiger partial charge is 0.231 e. The monoisotopic (exact) mass is 485 g/mol. The first-order chi connectivity index (χ1) is 17.6. The molecule has 6 rings (SSSR count).